The minimum Gasteiger partial charge on any atom is -0.382 e. The number of nitrogens with one attached hydrogen (secondary N) is 3. The van der Waals surface area contributed by atoms with E-state index in [-0.39, 0.29) is 29.4 Å². The normalized spacial score (nSPS) is 18.0. The third-order valence-corrected chi connectivity index (χ3v) is 6.45. The lowest BCUT2D eigenvalue weighted by Gasteiger charge is -2.31. The lowest BCUT2D eigenvalue weighted by atomic mass is 9.90. The summed E-state index contributed by atoms with van der Waals surface area (Å²) in [4.78, 5) is 28.1. The molecule has 0 radical (unpaired) electrons. The van der Waals surface area contributed by atoms with Crippen LogP contribution in [-0.2, 0) is 11.0 Å². The van der Waals surface area contributed by atoms with E-state index in [4.69, 9.17) is 11.6 Å². The van der Waals surface area contributed by atoms with Crippen molar-refractivity contribution in [3.63, 3.8) is 0 Å². The molecular weight excluding hydrogens is 493 g/mol. The fraction of sp³-hybridized carbons (Fsp3) is 0.346. The standard InChI is InChI=1S/C26H26ClF3N4O2/c1-2-24(35)32-19-5-3-4-15(12-19)25(36)33-18-9-7-17(8-10-18)31-22-14-23(26(28,29)30)34-21-11-6-16(27)13-20(21)22/h3-6,11-14,17-18H,2,7-10H2,1H3,(H,31,34)(H,32,35)(H,33,36)/t17-,18+. The Balaban J connectivity index is 1.40. The molecule has 1 fully saturated rings. The van der Waals surface area contributed by atoms with Crippen LogP contribution in [0.5, 0.6) is 0 Å². The highest BCUT2D eigenvalue weighted by Crippen LogP contribution is 2.35. The van der Waals surface area contributed by atoms with E-state index in [0.29, 0.717) is 59.5 Å². The number of alkyl halides is 3. The number of benzene rings is 2. The molecule has 0 atom stereocenters. The van der Waals surface area contributed by atoms with Crippen molar-refractivity contribution >= 4 is 45.7 Å². The molecule has 1 heterocycles. The van der Waals surface area contributed by atoms with Gasteiger partial charge in [-0.15, -0.1) is 0 Å². The summed E-state index contributed by atoms with van der Waals surface area (Å²) >= 11 is 6.08. The monoisotopic (exact) mass is 518 g/mol. The predicted molar refractivity (Wildman–Crippen MR) is 134 cm³/mol. The van der Waals surface area contributed by atoms with Gasteiger partial charge in [0.15, 0.2) is 0 Å². The van der Waals surface area contributed by atoms with Gasteiger partial charge in [-0.1, -0.05) is 24.6 Å². The number of pyridine rings is 1. The Hall–Kier alpha value is -3.33. The molecule has 36 heavy (non-hydrogen) atoms. The van der Waals surface area contributed by atoms with Crippen molar-refractivity contribution < 1.29 is 22.8 Å². The molecule has 3 aromatic rings. The van der Waals surface area contributed by atoms with E-state index in [2.05, 4.69) is 20.9 Å². The highest BCUT2D eigenvalue weighted by molar-refractivity contribution is 6.31. The maximum atomic E-state index is 13.4. The van der Waals surface area contributed by atoms with Crippen molar-refractivity contribution in [2.24, 2.45) is 0 Å². The van der Waals surface area contributed by atoms with Gasteiger partial charge in [0.25, 0.3) is 5.91 Å². The number of hydrogen-bond acceptors (Lipinski definition) is 4. The van der Waals surface area contributed by atoms with E-state index in [1.54, 1.807) is 37.3 Å². The van der Waals surface area contributed by atoms with E-state index in [0.717, 1.165) is 6.07 Å². The summed E-state index contributed by atoms with van der Waals surface area (Å²) in [5.41, 5.74) is 0.607. The summed E-state index contributed by atoms with van der Waals surface area (Å²) in [5, 5.41) is 9.95. The van der Waals surface area contributed by atoms with E-state index in [1.807, 2.05) is 0 Å². The van der Waals surface area contributed by atoms with Crippen LogP contribution in [0.1, 0.15) is 55.1 Å². The molecule has 0 spiro atoms. The highest BCUT2D eigenvalue weighted by Gasteiger charge is 2.34. The molecule has 10 heteroatoms. The minimum atomic E-state index is -4.57. The van der Waals surface area contributed by atoms with Crippen LogP contribution in [0, 0.1) is 0 Å². The number of fused-ring (bicyclic) bond motifs is 1. The average Bonchev–Trinajstić information content (AvgIpc) is 2.84. The van der Waals surface area contributed by atoms with E-state index < -0.39 is 11.9 Å². The van der Waals surface area contributed by atoms with E-state index in [9.17, 15) is 22.8 Å². The molecule has 6 nitrogen and oxygen atoms in total. The molecule has 0 saturated heterocycles. The smallest absolute Gasteiger partial charge is 0.382 e. The number of carbonyl (C=O) groups excluding carboxylic acids is 2. The second-order valence-electron chi connectivity index (χ2n) is 8.86. The van der Waals surface area contributed by atoms with Gasteiger partial charge in [0.2, 0.25) is 5.91 Å². The number of carbonyl (C=O) groups is 2. The first kappa shape index (κ1) is 25.8. The molecule has 4 rings (SSSR count). The number of aromatic nitrogens is 1. The van der Waals surface area contributed by atoms with Gasteiger partial charge < -0.3 is 16.0 Å². The number of rotatable bonds is 6. The SMILES string of the molecule is CCC(=O)Nc1cccc(C(=O)N[C@H]2CC[C@@H](Nc3cc(C(F)(F)F)nc4ccc(Cl)cc34)CC2)c1. The van der Waals surface area contributed by atoms with Gasteiger partial charge in [-0.25, -0.2) is 4.98 Å². The third-order valence-electron chi connectivity index (χ3n) is 6.21. The van der Waals surface area contributed by atoms with Crippen LogP contribution in [0.3, 0.4) is 0 Å². The van der Waals surface area contributed by atoms with Crippen molar-refractivity contribution in [3.05, 3.63) is 64.8 Å². The molecule has 1 saturated carbocycles. The van der Waals surface area contributed by atoms with Crippen LogP contribution in [0.4, 0.5) is 24.5 Å². The molecule has 0 bridgehead atoms. The number of nitrogens with zero attached hydrogens (tertiary/aromatic N) is 1. The zero-order chi connectivity index (χ0) is 25.9. The molecule has 2 amide bonds. The first-order valence-electron chi connectivity index (χ1n) is 11.8. The van der Waals surface area contributed by atoms with Crippen LogP contribution in [0.15, 0.2) is 48.5 Å². The molecule has 190 valence electrons. The summed E-state index contributed by atoms with van der Waals surface area (Å²) in [5.74, 6) is -0.367. The van der Waals surface area contributed by atoms with Crippen LogP contribution >= 0.6 is 11.6 Å². The van der Waals surface area contributed by atoms with E-state index in [1.165, 1.54) is 12.1 Å². The average molecular weight is 519 g/mol. The van der Waals surface area contributed by atoms with Gasteiger partial charge in [0.05, 0.1) is 5.52 Å². The summed E-state index contributed by atoms with van der Waals surface area (Å²) in [7, 11) is 0. The number of hydrogen-bond donors (Lipinski definition) is 3. The molecule has 0 unspecified atom stereocenters. The summed E-state index contributed by atoms with van der Waals surface area (Å²) in [6.45, 7) is 1.75. The Morgan fingerprint density at radius 1 is 1.03 bits per heavy atom. The van der Waals surface area contributed by atoms with Crippen molar-refractivity contribution in [1.29, 1.82) is 0 Å². The van der Waals surface area contributed by atoms with Crippen LogP contribution in [0.25, 0.3) is 10.9 Å². The maximum absolute atomic E-state index is 13.4. The summed E-state index contributed by atoms with van der Waals surface area (Å²) < 4.78 is 40.2. The fourth-order valence-electron chi connectivity index (χ4n) is 4.32. The molecule has 1 aromatic heterocycles. The Bertz CT molecular complexity index is 1270. The second-order valence-corrected chi connectivity index (χ2v) is 9.30. The molecule has 2 aromatic carbocycles. The second kappa shape index (κ2) is 10.7. The zero-order valence-corrected chi connectivity index (χ0v) is 20.3. The zero-order valence-electron chi connectivity index (χ0n) is 19.6. The quantitative estimate of drug-likeness (QED) is 0.352. The Morgan fingerprint density at radius 3 is 2.44 bits per heavy atom. The highest BCUT2D eigenvalue weighted by atomic mass is 35.5. The van der Waals surface area contributed by atoms with Crippen LogP contribution in [0.2, 0.25) is 5.02 Å². The molecule has 3 N–H and O–H groups in total. The topological polar surface area (TPSA) is 83.1 Å². The van der Waals surface area contributed by atoms with Crippen LogP contribution in [-0.4, -0.2) is 28.9 Å². The minimum absolute atomic E-state index is 0.0567. The molecule has 1 aliphatic carbocycles. The van der Waals surface area contributed by atoms with Crippen molar-refractivity contribution in [3.8, 4) is 0 Å². The van der Waals surface area contributed by atoms with Gasteiger partial charge in [0.1, 0.15) is 5.69 Å². The van der Waals surface area contributed by atoms with Gasteiger partial charge in [-0.3, -0.25) is 9.59 Å². The van der Waals surface area contributed by atoms with Gasteiger partial charge in [-0.2, -0.15) is 13.2 Å². The van der Waals surface area contributed by atoms with E-state index >= 15 is 0 Å². The van der Waals surface area contributed by atoms with Crippen molar-refractivity contribution in [2.75, 3.05) is 10.6 Å². The van der Waals surface area contributed by atoms with Gasteiger partial charge >= 0.3 is 6.18 Å². The maximum Gasteiger partial charge on any atom is 0.433 e. The van der Waals surface area contributed by atoms with Crippen molar-refractivity contribution in [2.45, 2.75) is 57.3 Å². The molecular formula is C26H26ClF3N4O2. The fourth-order valence-corrected chi connectivity index (χ4v) is 4.49. The first-order chi connectivity index (χ1) is 17.1. The number of anilines is 2. The Kier molecular flexibility index (Phi) is 7.68. The first-order valence-corrected chi connectivity index (χ1v) is 12.1. The predicted octanol–water partition coefficient (Wildman–Crippen LogP) is 6.41. The number of amides is 2. The third kappa shape index (κ3) is 6.26. The van der Waals surface area contributed by atoms with Gasteiger partial charge in [0, 0.05) is 45.9 Å². The van der Waals surface area contributed by atoms with Gasteiger partial charge in [-0.05, 0) is 68.1 Å². The number of halogens is 4. The van der Waals surface area contributed by atoms with Crippen LogP contribution < -0.4 is 16.0 Å². The lowest BCUT2D eigenvalue weighted by Crippen LogP contribution is -2.40. The summed E-state index contributed by atoms with van der Waals surface area (Å²) in [6.07, 6.45) is -1.54. The summed E-state index contributed by atoms with van der Waals surface area (Å²) in [6, 6.07) is 12.3. The lowest BCUT2D eigenvalue weighted by molar-refractivity contribution is -0.140. The Labute approximate surface area is 211 Å². The molecule has 0 aliphatic heterocycles. The largest absolute Gasteiger partial charge is 0.433 e. The van der Waals surface area contributed by atoms with Crippen molar-refractivity contribution in [1.82, 2.24) is 10.3 Å². The Morgan fingerprint density at radius 2 is 1.75 bits per heavy atom. The molecule has 1 aliphatic rings.